The van der Waals surface area contributed by atoms with Crippen LogP contribution < -0.4 is 0 Å². The third-order valence-corrected chi connectivity index (χ3v) is 7.30. The molecule has 0 aliphatic rings. The lowest BCUT2D eigenvalue weighted by Crippen LogP contribution is -1.97. The van der Waals surface area contributed by atoms with Gasteiger partial charge in [-0.25, -0.2) is 15.0 Å². The third kappa shape index (κ3) is 3.50. The number of aromatic nitrogens is 3. The Bertz CT molecular complexity index is 2180. The maximum Gasteiger partial charge on any atom is 0.179 e. The molecule has 4 heteroatoms. The van der Waals surface area contributed by atoms with Crippen LogP contribution in [0, 0.1) is 0 Å². The largest absolute Gasteiger partial charge is 0.455 e. The minimum Gasteiger partial charge on any atom is -0.455 e. The summed E-state index contributed by atoms with van der Waals surface area (Å²) in [6.45, 7) is 0. The van der Waals surface area contributed by atoms with Crippen LogP contribution in [-0.4, -0.2) is 15.0 Å². The van der Waals surface area contributed by atoms with Crippen molar-refractivity contribution in [2.45, 2.75) is 0 Å². The number of furan rings is 1. The number of hydrogen-bond donors (Lipinski definition) is 0. The van der Waals surface area contributed by atoms with Crippen LogP contribution in [-0.2, 0) is 0 Å². The Morgan fingerprint density at radius 2 is 1.21 bits per heavy atom. The molecule has 0 unspecified atom stereocenters. The van der Waals surface area contributed by atoms with Crippen molar-refractivity contribution >= 4 is 43.7 Å². The highest BCUT2D eigenvalue weighted by Crippen LogP contribution is 2.42. The summed E-state index contributed by atoms with van der Waals surface area (Å²) in [5.74, 6) is 0.600. The Kier molecular flexibility index (Phi) is 4.79. The van der Waals surface area contributed by atoms with Gasteiger partial charge in [0.1, 0.15) is 16.9 Å². The molecule has 0 saturated heterocycles. The summed E-state index contributed by atoms with van der Waals surface area (Å²) in [6.07, 6.45) is 0. The van der Waals surface area contributed by atoms with Gasteiger partial charge >= 0.3 is 0 Å². The van der Waals surface area contributed by atoms with Crippen LogP contribution in [0.15, 0.2) is 132 Å². The number of benzene rings is 5. The molecule has 0 atom stereocenters. The standard InChI is InChI=1S/C35H21N3O/c1-2-10-22(11-3-1)24-19-20-27(32-26-14-6-9-17-31(26)39-34(24)32)33-25-13-5-8-16-29(25)37-35(38-33)30-21-18-23-12-4-7-15-28(23)36-30/h1-21H. The average Bonchev–Trinajstić information content (AvgIpc) is 3.40. The number of nitrogens with zero attached hydrogens (tertiary/aromatic N) is 3. The molecule has 0 N–H and O–H groups in total. The predicted octanol–water partition coefficient (Wildman–Crippen LogP) is 9.08. The normalized spacial score (nSPS) is 11.6. The topological polar surface area (TPSA) is 51.8 Å². The number of para-hydroxylation sites is 3. The molecule has 0 fully saturated rings. The van der Waals surface area contributed by atoms with Crippen molar-refractivity contribution in [1.29, 1.82) is 0 Å². The van der Waals surface area contributed by atoms with Gasteiger partial charge in [-0.05, 0) is 35.9 Å². The fourth-order valence-electron chi connectivity index (χ4n) is 5.46. The molecule has 0 aliphatic heterocycles. The van der Waals surface area contributed by atoms with Crippen molar-refractivity contribution < 1.29 is 4.42 Å². The van der Waals surface area contributed by atoms with E-state index in [1.54, 1.807) is 0 Å². The zero-order valence-electron chi connectivity index (χ0n) is 20.9. The van der Waals surface area contributed by atoms with Gasteiger partial charge in [0, 0.05) is 32.7 Å². The number of hydrogen-bond acceptors (Lipinski definition) is 4. The minimum atomic E-state index is 0.600. The van der Waals surface area contributed by atoms with E-state index >= 15 is 0 Å². The third-order valence-electron chi connectivity index (χ3n) is 7.30. The van der Waals surface area contributed by atoms with Crippen molar-refractivity contribution in [3.63, 3.8) is 0 Å². The minimum absolute atomic E-state index is 0.600. The zero-order valence-corrected chi connectivity index (χ0v) is 20.9. The van der Waals surface area contributed by atoms with Crippen molar-refractivity contribution in [2.24, 2.45) is 0 Å². The molecule has 3 aromatic heterocycles. The van der Waals surface area contributed by atoms with Crippen LogP contribution in [0.5, 0.6) is 0 Å². The summed E-state index contributed by atoms with van der Waals surface area (Å²) >= 11 is 0. The van der Waals surface area contributed by atoms with Gasteiger partial charge in [-0.2, -0.15) is 0 Å². The Labute approximate surface area is 224 Å². The van der Waals surface area contributed by atoms with E-state index in [4.69, 9.17) is 19.4 Å². The SMILES string of the molecule is c1ccc(-c2ccc(-c3nc(-c4ccc5ccccc5n4)nc4ccccc34)c3c2oc2ccccc23)cc1. The molecule has 0 amide bonds. The summed E-state index contributed by atoms with van der Waals surface area (Å²) in [5.41, 5.74) is 8.29. The Balaban J connectivity index is 1.45. The quantitative estimate of drug-likeness (QED) is 0.243. The van der Waals surface area contributed by atoms with Crippen LogP contribution >= 0.6 is 0 Å². The monoisotopic (exact) mass is 499 g/mol. The number of pyridine rings is 1. The average molecular weight is 500 g/mol. The van der Waals surface area contributed by atoms with Gasteiger partial charge in [0.25, 0.3) is 0 Å². The van der Waals surface area contributed by atoms with Crippen LogP contribution in [0.4, 0.5) is 0 Å². The molecule has 3 heterocycles. The predicted molar refractivity (Wildman–Crippen MR) is 158 cm³/mol. The number of rotatable bonds is 3. The van der Waals surface area contributed by atoms with Crippen molar-refractivity contribution in [2.75, 3.05) is 0 Å². The molecule has 8 rings (SSSR count). The molecule has 0 spiro atoms. The summed E-state index contributed by atoms with van der Waals surface area (Å²) in [7, 11) is 0. The van der Waals surface area contributed by atoms with E-state index < -0.39 is 0 Å². The molecule has 8 aromatic rings. The first kappa shape index (κ1) is 21.7. The summed E-state index contributed by atoms with van der Waals surface area (Å²) in [6, 6.07) is 43.2. The van der Waals surface area contributed by atoms with E-state index in [-0.39, 0.29) is 0 Å². The first-order valence-corrected chi connectivity index (χ1v) is 13.0. The molecule has 5 aromatic carbocycles. The van der Waals surface area contributed by atoms with Gasteiger partial charge in [0.15, 0.2) is 5.82 Å². The van der Waals surface area contributed by atoms with Crippen LogP contribution in [0.2, 0.25) is 0 Å². The van der Waals surface area contributed by atoms with Crippen molar-refractivity contribution in [3.8, 4) is 33.9 Å². The molecule has 182 valence electrons. The summed E-state index contributed by atoms with van der Waals surface area (Å²) < 4.78 is 6.52. The Hall–Kier alpha value is -5.35. The smallest absolute Gasteiger partial charge is 0.179 e. The second-order valence-corrected chi connectivity index (χ2v) is 9.63. The zero-order chi connectivity index (χ0) is 25.8. The van der Waals surface area contributed by atoms with Crippen LogP contribution in [0.25, 0.3) is 77.6 Å². The van der Waals surface area contributed by atoms with Crippen molar-refractivity contribution in [1.82, 2.24) is 15.0 Å². The van der Waals surface area contributed by atoms with Gasteiger partial charge in [0.05, 0.1) is 16.7 Å². The highest BCUT2D eigenvalue weighted by atomic mass is 16.3. The summed E-state index contributed by atoms with van der Waals surface area (Å²) in [5, 5.41) is 4.19. The first-order valence-electron chi connectivity index (χ1n) is 13.0. The van der Waals surface area contributed by atoms with Gasteiger partial charge in [-0.15, -0.1) is 0 Å². The first-order chi connectivity index (χ1) is 19.3. The molecule has 0 saturated carbocycles. The van der Waals surface area contributed by atoms with E-state index in [2.05, 4.69) is 66.7 Å². The maximum absolute atomic E-state index is 6.52. The lowest BCUT2D eigenvalue weighted by Gasteiger charge is -2.12. The number of fused-ring (bicyclic) bond motifs is 5. The molecule has 0 aliphatic carbocycles. The van der Waals surface area contributed by atoms with E-state index in [1.807, 2.05) is 60.7 Å². The highest BCUT2D eigenvalue weighted by Gasteiger charge is 2.20. The lowest BCUT2D eigenvalue weighted by molar-refractivity contribution is 0.670. The molecular formula is C35H21N3O. The summed E-state index contributed by atoms with van der Waals surface area (Å²) in [4.78, 5) is 15.0. The molecule has 0 radical (unpaired) electrons. The van der Waals surface area contributed by atoms with E-state index in [0.717, 1.165) is 71.8 Å². The van der Waals surface area contributed by atoms with E-state index in [9.17, 15) is 0 Å². The van der Waals surface area contributed by atoms with E-state index in [1.165, 1.54) is 0 Å². The molecule has 0 bridgehead atoms. The van der Waals surface area contributed by atoms with Gasteiger partial charge in [-0.3, -0.25) is 0 Å². The fourth-order valence-corrected chi connectivity index (χ4v) is 5.46. The van der Waals surface area contributed by atoms with Gasteiger partial charge < -0.3 is 4.42 Å². The van der Waals surface area contributed by atoms with Crippen LogP contribution in [0.3, 0.4) is 0 Å². The lowest BCUT2D eigenvalue weighted by atomic mass is 9.95. The molecule has 4 nitrogen and oxygen atoms in total. The Morgan fingerprint density at radius 3 is 2.10 bits per heavy atom. The molecular weight excluding hydrogens is 478 g/mol. The maximum atomic E-state index is 6.52. The van der Waals surface area contributed by atoms with E-state index in [0.29, 0.717) is 5.82 Å². The Morgan fingerprint density at radius 1 is 0.487 bits per heavy atom. The van der Waals surface area contributed by atoms with Crippen LogP contribution in [0.1, 0.15) is 0 Å². The van der Waals surface area contributed by atoms with Gasteiger partial charge in [-0.1, -0.05) is 97.1 Å². The molecule has 39 heavy (non-hydrogen) atoms. The van der Waals surface area contributed by atoms with Gasteiger partial charge in [0.2, 0.25) is 0 Å². The highest BCUT2D eigenvalue weighted by molar-refractivity contribution is 6.17. The second-order valence-electron chi connectivity index (χ2n) is 9.63. The fraction of sp³-hybridized carbons (Fsp3) is 0. The second kappa shape index (κ2) is 8.61. The van der Waals surface area contributed by atoms with Crippen molar-refractivity contribution in [3.05, 3.63) is 127 Å².